The Hall–Kier alpha value is -4.00. The van der Waals surface area contributed by atoms with E-state index in [0.717, 1.165) is 0 Å². The molecule has 3 aromatic carbocycles. The lowest BCUT2D eigenvalue weighted by Gasteiger charge is -2.13. The number of hydrogen-bond acceptors (Lipinski definition) is 7. The van der Waals surface area contributed by atoms with Crippen molar-refractivity contribution in [3.05, 3.63) is 102 Å². The molecule has 0 saturated carbocycles. The molecule has 1 heterocycles. The molecule has 0 aliphatic heterocycles. The first-order valence-electron chi connectivity index (χ1n) is 10.2. The minimum atomic E-state index is -3.98. The van der Waals surface area contributed by atoms with E-state index in [1.165, 1.54) is 73.1 Å². The largest absolute Gasteiger partial charge is 0.322 e. The lowest BCUT2D eigenvalue weighted by molar-refractivity contribution is 0.102. The summed E-state index contributed by atoms with van der Waals surface area (Å²) in [5, 5.41) is 3.01. The van der Waals surface area contributed by atoms with E-state index in [2.05, 4.69) is 24.7 Å². The molecule has 13 heteroatoms. The maximum atomic E-state index is 12.9. The van der Waals surface area contributed by atoms with Crippen molar-refractivity contribution < 1.29 is 21.6 Å². The third-order valence-corrected chi connectivity index (χ3v) is 7.73. The van der Waals surface area contributed by atoms with Crippen molar-refractivity contribution >= 4 is 54.9 Å². The molecule has 184 valence electrons. The van der Waals surface area contributed by atoms with Gasteiger partial charge in [-0.2, -0.15) is 0 Å². The number of amides is 1. The second-order valence-corrected chi connectivity index (χ2v) is 11.1. The van der Waals surface area contributed by atoms with E-state index in [9.17, 15) is 21.6 Å². The molecule has 4 aromatic rings. The van der Waals surface area contributed by atoms with Crippen LogP contribution in [0.2, 0.25) is 5.02 Å². The maximum absolute atomic E-state index is 12.9. The first-order chi connectivity index (χ1) is 17.1. The Morgan fingerprint density at radius 1 is 0.694 bits per heavy atom. The van der Waals surface area contributed by atoms with Crippen LogP contribution in [0.3, 0.4) is 0 Å². The van der Waals surface area contributed by atoms with Crippen LogP contribution in [0.15, 0.2) is 101 Å². The van der Waals surface area contributed by atoms with Gasteiger partial charge in [-0.3, -0.25) is 9.52 Å². The van der Waals surface area contributed by atoms with E-state index < -0.39 is 26.0 Å². The number of nitrogens with one attached hydrogen (secondary N) is 3. The van der Waals surface area contributed by atoms with Gasteiger partial charge in [-0.1, -0.05) is 23.7 Å². The number of nitrogens with zero attached hydrogens (tertiary/aromatic N) is 2. The monoisotopic (exact) mass is 543 g/mol. The van der Waals surface area contributed by atoms with Gasteiger partial charge < -0.3 is 5.32 Å². The topological polar surface area (TPSA) is 147 Å². The zero-order valence-corrected chi connectivity index (χ0v) is 20.7. The summed E-state index contributed by atoms with van der Waals surface area (Å²) in [4.78, 5) is 20.5. The summed E-state index contributed by atoms with van der Waals surface area (Å²) in [5.41, 5.74) is 0.427. The Balaban J connectivity index is 1.50. The van der Waals surface area contributed by atoms with Crippen LogP contribution in [0.5, 0.6) is 0 Å². The second-order valence-electron chi connectivity index (χ2n) is 7.26. The number of para-hydroxylation sites is 1. The van der Waals surface area contributed by atoms with E-state index in [0.29, 0.717) is 10.7 Å². The molecule has 0 saturated heterocycles. The molecule has 0 atom stereocenters. The molecular formula is C23H18ClN5O5S2. The van der Waals surface area contributed by atoms with Gasteiger partial charge in [0.2, 0.25) is 5.95 Å². The third kappa shape index (κ3) is 5.97. The molecule has 0 fully saturated rings. The first-order valence-corrected chi connectivity index (χ1v) is 13.6. The fourth-order valence-corrected chi connectivity index (χ4v) is 5.20. The molecule has 0 spiro atoms. The molecule has 0 aliphatic carbocycles. The average molecular weight is 544 g/mol. The maximum Gasteiger partial charge on any atom is 0.264 e. The van der Waals surface area contributed by atoms with Crippen LogP contribution < -0.4 is 14.8 Å². The van der Waals surface area contributed by atoms with E-state index in [1.54, 1.807) is 18.2 Å². The van der Waals surface area contributed by atoms with Crippen LogP contribution in [0.25, 0.3) is 0 Å². The van der Waals surface area contributed by atoms with E-state index in [1.807, 2.05) is 0 Å². The molecule has 0 bridgehead atoms. The molecule has 0 radical (unpaired) electrons. The van der Waals surface area contributed by atoms with Gasteiger partial charge in [-0.25, -0.2) is 31.5 Å². The number of halogens is 1. The number of aromatic nitrogens is 2. The number of anilines is 3. The van der Waals surface area contributed by atoms with Crippen molar-refractivity contribution in [2.24, 2.45) is 0 Å². The molecule has 3 N–H and O–H groups in total. The zero-order chi connectivity index (χ0) is 25.8. The standard InChI is InChI=1S/C23H18ClN5O5S2/c24-16-6-10-18(11-7-16)35(31,32)28-21-5-2-1-4-20(21)22(30)27-17-8-12-19(13-9-17)36(33,34)29-23-25-14-3-15-26-23/h1-15,28H,(H,27,30)(H,25,26,29). The molecule has 0 aliphatic rings. The number of hydrogen-bond donors (Lipinski definition) is 3. The summed E-state index contributed by atoms with van der Waals surface area (Å²) < 4.78 is 55.2. The number of sulfonamides is 2. The Labute approximate surface area is 212 Å². The molecule has 0 unspecified atom stereocenters. The predicted molar refractivity (Wildman–Crippen MR) is 136 cm³/mol. The summed E-state index contributed by atoms with van der Waals surface area (Å²) in [6.45, 7) is 0. The summed E-state index contributed by atoms with van der Waals surface area (Å²) in [6, 6.07) is 18.6. The highest BCUT2D eigenvalue weighted by Gasteiger charge is 2.20. The Kier molecular flexibility index (Phi) is 7.20. The summed E-state index contributed by atoms with van der Waals surface area (Å²) in [6.07, 6.45) is 2.80. The predicted octanol–water partition coefficient (Wildman–Crippen LogP) is 3.98. The van der Waals surface area contributed by atoms with Crippen LogP contribution >= 0.6 is 11.6 Å². The van der Waals surface area contributed by atoms with Crippen LogP contribution in [0.1, 0.15) is 10.4 Å². The molecular weight excluding hydrogens is 526 g/mol. The quantitative estimate of drug-likeness (QED) is 0.304. The first kappa shape index (κ1) is 25.1. The molecule has 36 heavy (non-hydrogen) atoms. The lowest BCUT2D eigenvalue weighted by atomic mass is 10.1. The van der Waals surface area contributed by atoms with Gasteiger partial charge in [-0.05, 0) is 66.7 Å². The summed E-state index contributed by atoms with van der Waals surface area (Å²) in [5.74, 6) is -0.677. The van der Waals surface area contributed by atoms with Gasteiger partial charge >= 0.3 is 0 Å². The fraction of sp³-hybridized carbons (Fsp3) is 0. The smallest absolute Gasteiger partial charge is 0.264 e. The highest BCUT2D eigenvalue weighted by Crippen LogP contribution is 2.23. The fourth-order valence-electron chi connectivity index (χ4n) is 3.03. The molecule has 1 aromatic heterocycles. The SMILES string of the molecule is O=C(Nc1ccc(S(=O)(=O)Nc2ncccn2)cc1)c1ccccc1NS(=O)(=O)c1ccc(Cl)cc1. The number of benzene rings is 3. The van der Waals surface area contributed by atoms with Crippen molar-refractivity contribution in [1.82, 2.24) is 9.97 Å². The van der Waals surface area contributed by atoms with E-state index in [4.69, 9.17) is 11.6 Å². The number of rotatable bonds is 8. The average Bonchev–Trinajstić information content (AvgIpc) is 2.85. The molecule has 4 rings (SSSR count). The van der Waals surface area contributed by atoms with Gasteiger partial charge in [0, 0.05) is 23.1 Å². The van der Waals surface area contributed by atoms with Crippen molar-refractivity contribution in [3.63, 3.8) is 0 Å². The van der Waals surface area contributed by atoms with Crippen molar-refractivity contribution in [2.75, 3.05) is 14.8 Å². The number of carbonyl (C=O) groups excluding carboxylic acids is 1. The van der Waals surface area contributed by atoms with Gasteiger partial charge in [0.05, 0.1) is 21.0 Å². The van der Waals surface area contributed by atoms with Gasteiger partial charge in [0.15, 0.2) is 0 Å². The molecule has 10 nitrogen and oxygen atoms in total. The van der Waals surface area contributed by atoms with Gasteiger partial charge in [-0.15, -0.1) is 0 Å². The Bertz CT molecular complexity index is 1600. The van der Waals surface area contributed by atoms with Crippen molar-refractivity contribution in [3.8, 4) is 0 Å². The minimum absolute atomic E-state index is 0.0200. The number of carbonyl (C=O) groups is 1. The highest BCUT2D eigenvalue weighted by atomic mass is 35.5. The Morgan fingerprint density at radius 3 is 1.89 bits per heavy atom. The Morgan fingerprint density at radius 2 is 1.25 bits per heavy atom. The summed E-state index contributed by atoms with van der Waals surface area (Å²) >= 11 is 5.83. The van der Waals surface area contributed by atoms with E-state index in [-0.39, 0.29) is 27.0 Å². The van der Waals surface area contributed by atoms with Crippen LogP contribution in [-0.2, 0) is 20.0 Å². The van der Waals surface area contributed by atoms with Crippen molar-refractivity contribution in [2.45, 2.75) is 9.79 Å². The third-order valence-electron chi connectivity index (χ3n) is 4.75. The van der Waals surface area contributed by atoms with Crippen LogP contribution in [0.4, 0.5) is 17.3 Å². The van der Waals surface area contributed by atoms with Gasteiger partial charge in [0.25, 0.3) is 26.0 Å². The van der Waals surface area contributed by atoms with Crippen LogP contribution in [-0.4, -0.2) is 32.7 Å². The van der Waals surface area contributed by atoms with E-state index >= 15 is 0 Å². The minimum Gasteiger partial charge on any atom is -0.322 e. The van der Waals surface area contributed by atoms with Gasteiger partial charge in [0.1, 0.15) is 0 Å². The van der Waals surface area contributed by atoms with Crippen LogP contribution in [0, 0.1) is 0 Å². The zero-order valence-electron chi connectivity index (χ0n) is 18.3. The highest BCUT2D eigenvalue weighted by molar-refractivity contribution is 7.93. The second kappa shape index (κ2) is 10.3. The lowest BCUT2D eigenvalue weighted by Crippen LogP contribution is -2.19. The summed E-state index contributed by atoms with van der Waals surface area (Å²) in [7, 11) is -7.92. The van der Waals surface area contributed by atoms with Crippen molar-refractivity contribution in [1.29, 1.82) is 0 Å². The normalized spacial score (nSPS) is 11.5. The molecule has 1 amide bonds.